The zero-order valence-corrected chi connectivity index (χ0v) is 12.5. The molecule has 0 aromatic heterocycles. The number of methoxy groups -OCH3 is 1. The number of hydrogen-bond acceptors (Lipinski definition) is 3. The maximum Gasteiger partial charge on any atom is 0.311 e. The molecule has 1 heterocycles. The SMILES string of the molecule is CCCC1(C(=O)O)CCN(C(=O)CC2(OC)CCC2)C1. The van der Waals surface area contributed by atoms with Crippen LogP contribution >= 0.6 is 0 Å². The van der Waals surface area contributed by atoms with Crippen molar-refractivity contribution in [2.45, 2.75) is 57.5 Å². The fraction of sp³-hybridized carbons (Fsp3) is 0.867. The van der Waals surface area contributed by atoms with Gasteiger partial charge in [-0.05, 0) is 32.1 Å². The van der Waals surface area contributed by atoms with Crippen LogP contribution in [-0.2, 0) is 14.3 Å². The number of carbonyl (C=O) groups excluding carboxylic acids is 1. The Morgan fingerprint density at radius 2 is 2.00 bits per heavy atom. The second kappa shape index (κ2) is 5.72. The Labute approximate surface area is 120 Å². The van der Waals surface area contributed by atoms with Gasteiger partial charge in [-0.3, -0.25) is 9.59 Å². The zero-order chi connectivity index (χ0) is 14.8. The Hall–Kier alpha value is -1.10. The van der Waals surface area contributed by atoms with Gasteiger partial charge in [-0.15, -0.1) is 0 Å². The molecular weight excluding hydrogens is 258 g/mol. The van der Waals surface area contributed by atoms with E-state index in [-0.39, 0.29) is 11.5 Å². The summed E-state index contributed by atoms with van der Waals surface area (Å²) >= 11 is 0. The normalized spacial score (nSPS) is 28.2. The third-order valence-electron chi connectivity index (χ3n) is 5.06. The summed E-state index contributed by atoms with van der Waals surface area (Å²) in [4.78, 5) is 25.6. The molecule has 20 heavy (non-hydrogen) atoms. The number of amides is 1. The standard InChI is InChI=1S/C15H25NO4/c1-3-5-14(13(18)19)8-9-16(11-14)12(17)10-15(20-2)6-4-7-15/h3-11H2,1-2H3,(H,18,19). The molecule has 0 bridgehead atoms. The lowest BCUT2D eigenvalue weighted by Crippen LogP contribution is -2.45. The van der Waals surface area contributed by atoms with E-state index in [2.05, 4.69) is 0 Å². The highest BCUT2D eigenvalue weighted by molar-refractivity contribution is 5.81. The lowest BCUT2D eigenvalue weighted by Gasteiger charge is -2.40. The van der Waals surface area contributed by atoms with Gasteiger partial charge in [-0.1, -0.05) is 13.3 Å². The Bertz CT molecular complexity index is 386. The maximum absolute atomic E-state index is 12.4. The zero-order valence-electron chi connectivity index (χ0n) is 12.5. The summed E-state index contributed by atoms with van der Waals surface area (Å²) in [6.45, 7) is 2.91. The molecule has 1 saturated carbocycles. The molecule has 0 spiro atoms. The van der Waals surface area contributed by atoms with Crippen LogP contribution < -0.4 is 0 Å². The Kier molecular flexibility index (Phi) is 4.37. The first-order chi connectivity index (χ1) is 9.47. The average Bonchev–Trinajstić information content (AvgIpc) is 2.80. The van der Waals surface area contributed by atoms with Gasteiger partial charge < -0.3 is 14.7 Å². The smallest absolute Gasteiger partial charge is 0.311 e. The van der Waals surface area contributed by atoms with Crippen LogP contribution in [0.15, 0.2) is 0 Å². The number of ether oxygens (including phenoxy) is 1. The number of nitrogens with zero attached hydrogens (tertiary/aromatic N) is 1. The van der Waals surface area contributed by atoms with Crippen molar-refractivity contribution in [3.05, 3.63) is 0 Å². The summed E-state index contributed by atoms with van der Waals surface area (Å²) in [6.07, 6.45) is 5.41. The number of aliphatic carboxylic acids is 1. The number of carbonyl (C=O) groups is 2. The summed E-state index contributed by atoms with van der Waals surface area (Å²) in [6, 6.07) is 0. The van der Waals surface area contributed by atoms with Gasteiger partial charge in [-0.25, -0.2) is 0 Å². The first-order valence-electron chi connectivity index (χ1n) is 7.53. The fourth-order valence-electron chi connectivity index (χ4n) is 3.46. The largest absolute Gasteiger partial charge is 0.481 e. The Morgan fingerprint density at radius 1 is 1.30 bits per heavy atom. The van der Waals surface area contributed by atoms with Crippen molar-refractivity contribution in [3.63, 3.8) is 0 Å². The molecule has 1 aliphatic heterocycles. The van der Waals surface area contributed by atoms with Gasteiger partial charge in [0.2, 0.25) is 5.91 Å². The van der Waals surface area contributed by atoms with Gasteiger partial charge >= 0.3 is 5.97 Å². The molecule has 1 aliphatic carbocycles. The van der Waals surface area contributed by atoms with E-state index in [4.69, 9.17) is 4.74 Å². The van der Waals surface area contributed by atoms with Gasteiger partial charge in [0, 0.05) is 20.2 Å². The lowest BCUT2D eigenvalue weighted by molar-refractivity contribution is -0.150. The highest BCUT2D eigenvalue weighted by Crippen LogP contribution is 2.40. The number of likely N-dealkylation sites (tertiary alicyclic amines) is 1. The quantitative estimate of drug-likeness (QED) is 0.810. The molecule has 1 unspecified atom stereocenters. The topological polar surface area (TPSA) is 66.8 Å². The minimum atomic E-state index is -0.764. The summed E-state index contributed by atoms with van der Waals surface area (Å²) < 4.78 is 5.49. The molecular formula is C15H25NO4. The van der Waals surface area contributed by atoms with Gasteiger partial charge in [-0.2, -0.15) is 0 Å². The van der Waals surface area contributed by atoms with Crippen LogP contribution in [0.1, 0.15) is 51.9 Å². The highest BCUT2D eigenvalue weighted by atomic mass is 16.5. The van der Waals surface area contributed by atoms with E-state index in [1.807, 2.05) is 6.92 Å². The summed E-state index contributed by atoms with van der Waals surface area (Å²) in [5.41, 5.74) is -1.01. The second-order valence-electron chi connectivity index (χ2n) is 6.32. The first-order valence-corrected chi connectivity index (χ1v) is 7.53. The molecule has 1 saturated heterocycles. The number of carboxylic acid groups (broad SMARTS) is 1. The predicted octanol–water partition coefficient (Wildman–Crippen LogP) is 2.05. The van der Waals surface area contributed by atoms with E-state index in [0.29, 0.717) is 32.4 Å². The van der Waals surface area contributed by atoms with Gasteiger partial charge in [0.25, 0.3) is 0 Å². The summed E-state index contributed by atoms with van der Waals surface area (Å²) in [5.74, 6) is -0.717. The molecule has 1 N–H and O–H groups in total. The minimum absolute atomic E-state index is 0.0470. The van der Waals surface area contributed by atoms with Crippen molar-refractivity contribution in [3.8, 4) is 0 Å². The maximum atomic E-state index is 12.4. The molecule has 0 radical (unpaired) electrons. The Morgan fingerprint density at radius 3 is 2.45 bits per heavy atom. The van der Waals surface area contributed by atoms with Crippen LogP contribution in [0.5, 0.6) is 0 Å². The van der Waals surface area contributed by atoms with E-state index in [1.54, 1.807) is 12.0 Å². The molecule has 1 atom stereocenters. The van der Waals surface area contributed by atoms with E-state index in [9.17, 15) is 14.7 Å². The van der Waals surface area contributed by atoms with E-state index in [0.717, 1.165) is 25.7 Å². The van der Waals surface area contributed by atoms with Crippen molar-refractivity contribution in [1.82, 2.24) is 4.90 Å². The second-order valence-corrected chi connectivity index (χ2v) is 6.32. The van der Waals surface area contributed by atoms with Crippen molar-refractivity contribution < 1.29 is 19.4 Å². The van der Waals surface area contributed by atoms with Crippen LogP contribution in [0.2, 0.25) is 0 Å². The molecule has 2 aliphatic rings. The first kappa shape index (κ1) is 15.3. The van der Waals surface area contributed by atoms with Crippen LogP contribution in [0.4, 0.5) is 0 Å². The van der Waals surface area contributed by atoms with Crippen LogP contribution in [0.25, 0.3) is 0 Å². The number of carboxylic acids is 1. The third kappa shape index (κ3) is 2.68. The van der Waals surface area contributed by atoms with Gasteiger partial charge in [0.15, 0.2) is 0 Å². The van der Waals surface area contributed by atoms with E-state index < -0.39 is 11.4 Å². The predicted molar refractivity (Wildman–Crippen MR) is 74.4 cm³/mol. The minimum Gasteiger partial charge on any atom is -0.481 e. The molecule has 0 aromatic carbocycles. The fourth-order valence-corrected chi connectivity index (χ4v) is 3.46. The Balaban J connectivity index is 1.97. The molecule has 5 nitrogen and oxygen atoms in total. The number of rotatable bonds is 6. The molecule has 0 aromatic rings. The summed E-state index contributed by atoms with van der Waals surface area (Å²) in [5, 5.41) is 9.47. The molecule has 5 heteroatoms. The molecule has 114 valence electrons. The van der Waals surface area contributed by atoms with E-state index >= 15 is 0 Å². The van der Waals surface area contributed by atoms with Gasteiger partial charge in [0.1, 0.15) is 0 Å². The van der Waals surface area contributed by atoms with E-state index in [1.165, 1.54) is 0 Å². The molecule has 2 fully saturated rings. The van der Waals surface area contributed by atoms with Crippen molar-refractivity contribution in [2.24, 2.45) is 5.41 Å². The summed E-state index contributed by atoms with van der Waals surface area (Å²) in [7, 11) is 1.66. The average molecular weight is 283 g/mol. The van der Waals surface area contributed by atoms with Crippen molar-refractivity contribution in [1.29, 1.82) is 0 Å². The monoisotopic (exact) mass is 283 g/mol. The van der Waals surface area contributed by atoms with Gasteiger partial charge in [0.05, 0.1) is 17.4 Å². The van der Waals surface area contributed by atoms with Crippen LogP contribution in [0, 0.1) is 5.41 Å². The van der Waals surface area contributed by atoms with Crippen molar-refractivity contribution in [2.75, 3.05) is 20.2 Å². The van der Waals surface area contributed by atoms with Crippen LogP contribution in [-0.4, -0.2) is 47.7 Å². The van der Waals surface area contributed by atoms with Crippen molar-refractivity contribution >= 4 is 11.9 Å². The molecule has 2 rings (SSSR count). The number of hydrogen-bond donors (Lipinski definition) is 1. The van der Waals surface area contributed by atoms with Crippen LogP contribution in [0.3, 0.4) is 0 Å². The lowest BCUT2D eigenvalue weighted by atomic mass is 9.77. The highest BCUT2D eigenvalue weighted by Gasteiger charge is 2.47. The molecule has 1 amide bonds. The third-order valence-corrected chi connectivity index (χ3v) is 5.06.